The second-order valence-corrected chi connectivity index (χ2v) is 11.1. The average Bonchev–Trinajstić information content (AvgIpc) is 3.19. The van der Waals surface area contributed by atoms with Gasteiger partial charge >= 0.3 is 0 Å². The molecule has 0 saturated carbocycles. The standard InChI is InChI=1S/C26H34N2O3S2/c1-5-7-8-9-10-15-32-25-27-23-22(20-16-26(3,6-2)31-17-21(20)33-23)24(29)28(25)18-11-13-19(30-4)14-12-18/h11-14H,5-10,15-17H2,1-4H3/t26-/m1/s1. The first kappa shape index (κ1) is 24.3. The van der Waals surface area contributed by atoms with Crippen molar-refractivity contribution in [2.45, 2.75) is 83.1 Å². The van der Waals surface area contributed by atoms with Gasteiger partial charge < -0.3 is 9.47 Å². The molecule has 0 saturated heterocycles. The normalized spacial score (nSPS) is 17.9. The molecule has 1 aliphatic rings. The number of nitrogens with zero attached hydrogens (tertiary/aromatic N) is 2. The molecule has 4 rings (SSSR count). The lowest BCUT2D eigenvalue weighted by Crippen LogP contribution is -2.34. The first-order valence-electron chi connectivity index (χ1n) is 12.0. The van der Waals surface area contributed by atoms with Crippen LogP contribution in [0.25, 0.3) is 15.9 Å². The average molecular weight is 487 g/mol. The molecule has 0 N–H and O–H groups in total. The molecule has 0 spiro atoms. The number of aromatic nitrogens is 2. The summed E-state index contributed by atoms with van der Waals surface area (Å²) in [5.74, 6) is 1.73. The van der Waals surface area contributed by atoms with E-state index >= 15 is 0 Å². The van der Waals surface area contributed by atoms with Crippen molar-refractivity contribution in [3.05, 3.63) is 45.1 Å². The Morgan fingerprint density at radius 2 is 1.94 bits per heavy atom. The predicted octanol–water partition coefficient (Wildman–Crippen LogP) is 6.76. The molecule has 0 fully saturated rings. The van der Waals surface area contributed by atoms with Crippen LogP contribution in [0.15, 0.2) is 34.2 Å². The number of methoxy groups -OCH3 is 1. The number of hydrogen-bond acceptors (Lipinski definition) is 6. The van der Waals surface area contributed by atoms with E-state index in [9.17, 15) is 4.79 Å². The quantitative estimate of drug-likeness (QED) is 0.180. The fourth-order valence-electron chi connectivity index (χ4n) is 4.25. The van der Waals surface area contributed by atoms with E-state index in [2.05, 4.69) is 20.8 Å². The Kier molecular flexibility index (Phi) is 7.82. The Balaban J connectivity index is 1.76. The van der Waals surface area contributed by atoms with Crippen LogP contribution in [0.1, 0.15) is 69.7 Å². The van der Waals surface area contributed by atoms with Crippen LogP contribution in [0.3, 0.4) is 0 Å². The molecule has 2 aromatic heterocycles. The van der Waals surface area contributed by atoms with Crippen molar-refractivity contribution < 1.29 is 9.47 Å². The molecule has 5 nitrogen and oxygen atoms in total. The largest absolute Gasteiger partial charge is 0.497 e. The number of thioether (sulfide) groups is 1. The van der Waals surface area contributed by atoms with Crippen LogP contribution in [0, 0.1) is 0 Å². The van der Waals surface area contributed by atoms with E-state index in [4.69, 9.17) is 14.5 Å². The van der Waals surface area contributed by atoms with Crippen molar-refractivity contribution in [2.24, 2.45) is 0 Å². The number of hydrogen-bond donors (Lipinski definition) is 0. The molecule has 3 aromatic rings. The van der Waals surface area contributed by atoms with Gasteiger partial charge in [0.15, 0.2) is 5.16 Å². The zero-order chi connectivity index (χ0) is 23.4. The molecule has 1 aliphatic heterocycles. The topological polar surface area (TPSA) is 53.4 Å². The summed E-state index contributed by atoms with van der Waals surface area (Å²) in [5, 5.41) is 1.53. The fourth-order valence-corrected chi connectivity index (χ4v) is 6.41. The van der Waals surface area contributed by atoms with Crippen LogP contribution in [-0.2, 0) is 17.8 Å². The van der Waals surface area contributed by atoms with Crippen LogP contribution in [0.2, 0.25) is 0 Å². The number of fused-ring (bicyclic) bond motifs is 3. The van der Waals surface area contributed by atoms with Crippen LogP contribution in [0.5, 0.6) is 5.75 Å². The number of rotatable bonds is 10. The van der Waals surface area contributed by atoms with E-state index < -0.39 is 0 Å². The summed E-state index contributed by atoms with van der Waals surface area (Å²) in [6.45, 7) is 7.07. The lowest BCUT2D eigenvalue weighted by molar-refractivity contribution is -0.0543. The van der Waals surface area contributed by atoms with Gasteiger partial charge in [-0.2, -0.15) is 0 Å². The van der Waals surface area contributed by atoms with Crippen molar-refractivity contribution in [1.29, 1.82) is 0 Å². The molecule has 0 radical (unpaired) electrons. The van der Waals surface area contributed by atoms with Crippen LogP contribution >= 0.6 is 23.1 Å². The highest BCUT2D eigenvalue weighted by Gasteiger charge is 2.33. The summed E-state index contributed by atoms with van der Waals surface area (Å²) in [4.78, 5) is 21.0. The molecule has 0 unspecified atom stereocenters. The summed E-state index contributed by atoms with van der Waals surface area (Å²) in [6, 6.07) is 7.68. The maximum absolute atomic E-state index is 14.0. The van der Waals surface area contributed by atoms with Gasteiger partial charge in [0.25, 0.3) is 5.56 Å². The molecule has 0 bridgehead atoms. The predicted molar refractivity (Wildman–Crippen MR) is 138 cm³/mol. The van der Waals surface area contributed by atoms with Gasteiger partial charge in [-0.1, -0.05) is 51.3 Å². The Morgan fingerprint density at radius 1 is 1.18 bits per heavy atom. The molecule has 1 aromatic carbocycles. The Morgan fingerprint density at radius 3 is 2.64 bits per heavy atom. The van der Waals surface area contributed by atoms with Crippen molar-refractivity contribution in [3.63, 3.8) is 0 Å². The van der Waals surface area contributed by atoms with Crippen LogP contribution in [0.4, 0.5) is 0 Å². The molecular weight excluding hydrogens is 452 g/mol. The van der Waals surface area contributed by atoms with E-state index in [1.807, 2.05) is 24.3 Å². The maximum Gasteiger partial charge on any atom is 0.267 e. The third-order valence-electron chi connectivity index (χ3n) is 6.54. The van der Waals surface area contributed by atoms with Crippen LogP contribution in [-0.4, -0.2) is 28.0 Å². The summed E-state index contributed by atoms with van der Waals surface area (Å²) >= 11 is 3.30. The molecule has 0 amide bonds. The lowest BCUT2D eigenvalue weighted by Gasteiger charge is -2.32. The summed E-state index contributed by atoms with van der Waals surface area (Å²) in [5.41, 5.74) is 1.75. The molecule has 178 valence electrons. The van der Waals surface area contributed by atoms with Crippen molar-refractivity contribution in [2.75, 3.05) is 12.9 Å². The van der Waals surface area contributed by atoms with Gasteiger partial charge in [-0.05, 0) is 49.6 Å². The van der Waals surface area contributed by atoms with E-state index in [1.54, 1.807) is 34.8 Å². The van der Waals surface area contributed by atoms with Gasteiger partial charge in [0.05, 0.1) is 30.4 Å². The van der Waals surface area contributed by atoms with Gasteiger partial charge in [0.1, 0.15) is 10.6 Å². The minimum Gasteiger partial charge on any atom is -0.497 e. The Bertz CT molecular complexity index is 1150. The second-order valence-electron chi connectivity index (χ2n) is 8.95. The summed E-state index contributed by atoms with van der Waals surface area (Å²) < 4.78 is 13.3. The third kappa shape index (κ3) is 5.15. The zero-order valence-corrected chi connectivity index (χ0v) is 21.7. The summed E-state index contributed by atoms with van der Waals surface area (Å²) in [7, 11) is 1.65. The third-order valence-corrected chi connectivity index (χ3v) is 8.66. The number of benzene rings is 1. The zero-order valence-electron chi connectivity index (χ0n) is 20.1. The molecular formula is C26H34N2O3S2. The monoisotopic (exact) mass is 486 g/mol. The number of unbranched alkanes of at least 4 members (excludes halogenated alkanes) is 4. The highest BCUT2D eigenvalue weighted by molar-refractivity contribution is 7.99. The molecule has 0 aliphatic carbocycles. The van der Waals surface area contributed by atoms with Gasteiger partial charge in [-0.15, -0.1) is 11.3 Å². The molecule has 1 atom stereocenters. The first-order chi connectivity index (χ1) is 16.0. The second kappa shape index (κ2) is 10.6. The minimum atomic E-state index is -0.232. The first-order valence-corrected chi connectivity index (χ1v) is 13.8. The SMILES string of the molecule is CCCCCCCSc1nc2sc3c(c2c(=O)n1-c1ccc(OC)cc1)C[C@@](C)(CC)OC3. The highest BCUT2D eigenvalue weighted by atomic mass is 32.2. The number of ether oxygens (including phenoxy) is 2. The van der Waals surface area contributed by atoms with E-state index in [-0.39, 0.29) is 11.2 Å². The fraction of sp³-hybridized carbons (Fsp3) is 0.538. The van der Waals surface area contributed by atoms with E-state index in [1.165, 1.54) is 25.7 Å². The van der Waals surface area contributed by atoms with Crippen molar-refractivity contribution in [1.82, 2.24) is 9.55 Å². The van der Waals surface area contributed by atoms with Gasteiger partial charge in [-0.3, -0.25) is 9.36 Å². The smallest absolute Gasteiger partial charge is 0.267 e. The number of thiophene rings is 1. The van der Waals surface area contributed by atoms with E-state index in [0.29, 0.717) is 6.61 Å². The minimum absolute atomic E-state index is 0.0245. The molecule has 7 heteroatoms. The Labute approximate surface area is 204 Å². The molecule has 33 heavy (non-hydrogen) atoms. The van der Waals surface area contributed by atoms with Gasteiger partial charge in [-0.25, -0.2) is 4.98 Å². The van der Waals surface area contributed by atoms with E-state index in [0.717, 1.165) is 62.3 Å². The van der Waals surface area contributed by atoms with Gasteiger partial charge in [0.2, 0.25) is 0 Å². The van der Waals surface area contributed by atoms with Crippen molar-refractivity contribution >= 4 is 33.3 Å². The maximum atomic E-state index is 14.0. The van der Waals surface area contributed by atoms with Crippen molar-refractivity contribution in [3.8, 4) is 11.4 Å². The Hall–Kier alpha value is -1.83. The summed E-state index contributed by atoms with van der Waals surface area (Å²) in [6.07, 6.45) is 7.80. The van der Waals surface area contributed by atoms with Gasteiger partial charge in [0, 0.05) is 17.1 Å². The van der Waals surface area contributed by atoms with Crippen LogP contribution < -0.4 is 10.3 Å². The lowest BCUT2D eigenvalue weighted by atomic mass is 9.90. The highest BCUT2D eigenvalue weighted by Crippen LogP contribution is 2.39. The molecule has 3 heterocycles.